The van der Waals surface area contributed by atoms with Gasteiger partial charge in [0, 0.05) is 11.1 Å². The third-order valence-electron chi connectivity index (χ3n) is 3.09. The monoisotopic (exact) mass is 239 g/mol. The van der Waals surface area contributed by atoms with E-state index in [1.54, 1.807) is 18.2 Å². The molecule has 1 aromatic rings. The van der Waals surface area contributed by atoms with Crippen molar-refractivity contribution in [3.63, 3.8) is 0 Å². The van der Waals surface area contributed by atoms with Gasteiger partial charge in [0.05, 0.1) is 19.3 Å². The predicted molar refractivity (Wildman–Crippen MR) is 63.0 cm³/mol. The highest BCUT2D eigenvalue weighted by Crippen LogP contribution is 2.16. The molecule has 0 radical (unpaired) electrons. The van der Waals surface area contributed by atoms with E-state index in [1.165, 1.54) is 0 Å². The third kappa shape index (κ3) is 3.25. The van der Waals surface area contributed by atoms with Gasteiger partial charge in [0.15, 0.2) is 0 Å². The molecule has 1 aromatic carbocycles. The van der Waals surface area contributed by atoms with Crippen LogP contribution in [0, 0.1) is 5.82 Å². The van der Waals surface area contributed by atoms with Gasteiger partial charge in [0.1, 0.15) is 5.82 Å². The van der Waals surface area contributed by atoms with Crippen molar-refractivity contribution < 1.29 is 14.2 Å². The largest absolute Gasteiger partial charge is 0.392 e. The van der Waals surface area contributed by atoms with E-state index in [1.807, 2.05) is 0 Å². The lowest BCUT2D eigenvalue weighted by Crippen LogP contribution is -2.32. The summed E-state index contributed by atoms with van der Waals surface area (Å²) in [5, 5.41) is 12.2. The lowest BCUT2D eigenvalue weighted by Gasteiger charge is -2.23. The molecule has 0 unspecified atom stereocenters. The number of ether oxygens (including phenoxy) is 1. The summed E-state index contributed by atoms with van der Waals surface area (Å²) in [6.45, 7) is 1.94. The van der Waals surface area contributed by atoms with E-state index >= 15 is 0 Å². The first-order chi connectivity index (χ1) is 8.31. The van der Waals surface area contributed by atoms with Crippen LogP contribution in [0.15, 0.2) is 18.2 Å². The lowest BCUT2D eigenvalue weighted by molar-refractivity contribution is 0.0198. The minimum absolute atomic E-state index is 0.216. The maximum atomic E-state index is 13.8. The molecule has 0 bridgehead atoms. The van der Waals surface area contributed by atoms with Crippen molar-refractivity contribution in [2.24, 2.45) is 0 Å². The second-order valence-electron chi connectivity index (χ2n) is 4.31. The molecule has 1 aliphatic heterocycles. The van der Waals surface area contributed by atoms with E-state index in [-0.39, 0.29) is 25.1 Å². The van der Waals surface area contributed by atoms with Gasteiger partial charge in [-0.3, -0.25) is 0 Å². The summed E-state index contributed by atoms with van der Waals surface area (Å²) in [6, 6.07) is 5.04. The van der Waals surface area contributed by atoms with Crippen LogP contribution in [-0.2, 0) is 18.0 Å². The molecule has 17 heavy (non-hydrogen) atoms. The maximum absolute atomic E-state index is 13.8. The van der Waals surface area contributed by atoms with Crippen LogP contribution in [0.2, 0.25) is 0 Å². The number of aliphatic hydroxyl groups is 1. The van der Waals surface area contributed by atoms with E-state index < -0.39 is 0 Å². The van der Waals surface area contributed by atoms with E-state index in [2.05, 4.69) is 5.32 Å². The Morgan fingerprint density at radius 3 is 2.71 bits per heavy atom. The zero-order valence-electron chi connectivity index (χ0n) is 9.79. The molecular formula is C13H18FNO2. The highest BCUT2D eigenvalue weighted by Gasteiger charge is 2.14. The summed E-state index contributed by atoms with van der Waals surface area (Å²) < 4.78 is 19.5. The Morgan fingerprint density at radius 1 is 1.29 bits per heavy atom. The number of rotatable bonds is 4. The van der Waals surface area contributed by atoms with Crippen LogP contribution >= 0.6 is 0 Å². The Balaban J connectivity index is 1.93. The summed E-state index contributed by atoms with van der Waals surface area (Å²) in [5.41, 5.74) is 0.853. The van der Waals surface area contributed by atoms with Crippen LogP contribution < -0.4 is 5.32 Å². The molecule has 1 heterocycles. The Kier molecular flexibility index (Phi) is 4.48. The molecule has 0 saturated carbocycles. The van der Waals surface area contributed by atoms with Crippen LogP contribution in [0.1, 0.15) is 24.0 Å². The van der Waals surface area contributed by atoms with Crippen molar-refractivity contribution in [1.82, 2.24) is 5.32 Å². The van der Waals surface area contributed by atoms with Crippen molar-refractivity contribution in [3.05, 3.63) is 35.1 Å². The highest BCUT2D eigenvalue weighted by molar-refractivity contribution is 5.24. The summed E-state index contributed by atoms with van der Waals surface area (Å²) in [6.07, 6.45) is 2.16. The fourth-order valence-corrected chi connectivity index (χ4v) is 2.04. The first kappa shape index (κ1) is 12.5. The number of piperidine rings is 1. The second kappa shape index (κ2) is 6.10. The molecule has 1 fully saturated rings. The predicted octanol–water partition coefficient (Wildman–Crippen LogP) is 1.59. The second-order valence-corrected chi connectivity index (χ2v) is 4.31. The Hall–Kier alpha value is -0.970. The van der Waals surface area contributed by atoms with Crippen LogP contribution in [0.5, 0.6) is 0 Å². The van der Waals surface area contributed by atoms with Gasteiger partial charge < -0.3 is 15.2 Å². The van der Waals surface area contributed by atoms with Gasteiger partial charge in [-0.1, -0.05) is 18.2 Å². The average Bonchev–Trinajstić information content (AvgIpc) is 2.39. The first-order valence-corrected chi connectivity index (χ1v) is 6.00. The minimum atomic E-state index is -0.344. The van der Waals surface area contributed by atoms with Gasteiger partial charge in [-0.05, 0) is 25.9 Å². The standard InChI is InChI=1S/C13H18FNO2/c14-13-10(8-16)2-1-3-11(13)9-17-12-4-6-15-7-5-12/h1-3,12,15-16H,4-9H2. The van der Waals surface area contributed by atoms with Crippen molar-refractivity contribution in [3.8, 4) is 0 Å². The Morgan fingerprint density at radius 2 is 2.00 bits per heavy atom. The molecule has 0 aliphatic carbocycles. The van der Waals surface area contributed by atoms with Crippen molar-refractivity contribution in [2.75, 3.05) is 13.1 Å². The Labute approximate surface area is 101 Å². The van der Waals surface area contributed by atoms with Crippen LogP contribution in [-0.4, -0.2) is 24.3 Å². The van der Waals surface area contributed by atoms with Gasteiger partial charge in [-0.25, -0.2) is 4.39 Å². The molecule has 0 aromatic heterocycles. The molecule has 0 spiro atoms. The van der Waals surface area contributed by atoms with Gasteiger partial charge in [0.25, 0.3) is 0 Å². The molecule has 0 atom stereocenters. The molecule has 2 rings (SSSR count). The third-order valence-corrected chi connectivity index (χ3v) is 3.09. The van der Waals surface area contributed by atoms with Gasteiger partial charge in [0.2, 0.25) is 0 Å². The number of hydrogen-bond donors (Lipinski definition) is 2. The van der Waals surface area contributed by atoms with Gasteiger partial charge in [-0.15, -0.1) is 0 Å². The summed E-state index contributed by atoms with van der Waals surface area (Å²) in [7, 11) is 0. The number of halogens is 1. The minimum Gasteiger partial charge on any atom is -0.392 e. The molecule has 1 saturated heterocycles. The number of hydrogen-bond acceptors (Lipinski definition) is 3. The maximum Gasteiger partial charge on any atom is 0.134 e. The van der Waals surface area contributed by atoms with Crippen molar-refractivity contribution in [2.45, 2.75) is 32.2 Å². The number of nitrogens with one attached hydrogen (secondary N) is 1. The molecule has 3 nitrogen and oxygen atoms in total. The lowest BCUT2D eigenvalue weighted by atomic mass is 10.1. The fourth-order valence-electron chi connectivity index (χ4n) is 2.04. The summed E-state index contributed by atoms with van der Waals surface area (Å²) >= 11 is 0. The SMILES string of the molecule is OCc1cccc(COC2CCNCC2)c1F. The van der Waals surface area contributed by atoms with Gasteiger partial charge in [-0.2, -0.15) is 0 Å². The normalized spacial score (nSPS) is 17.3. The molecule has 1 aliphatic rings. The molecular weight excluding hydrogens is 221 g/mol. The van der Waals surface area contributed by atoms with Crippen molar-refractivity contribution >= 4 is 0 Å². The number of aliphatic hydroxyl groups excluding tert-OH is 1. The van der Waals surface area contributed by atoms with Crippen molar-refractivity contribution in [1.29, 1.82) is 0 Å². The van der Waals surface area contributed by atoms with Gasteiger partial charge >= 0.3 is 0 Å². The van der Waals surface area contributed by atoms with Crippen LogP contribution in [0.25, 0.3) is 0 Å². The molecule has 94 valence electrons. The first-order valence-electron chi connectivity index (χ1n) is 6.00. The molecule has 2 N–H and O–H groups in total. The highest BCUT2D eigenvalue weighted by atomic mass is 19.1. The Bertz CT molecular complexity index is 364. The topological polar surface area (TPSA) is 41.5 Å². The number of benzene rings is 1. The summed E-state index contributed by atoms with van der Waals surface area (Å²) in [5.74, 6) is -0.344. The molecule has 0 amide bonds. The van der Waals surface area contributed by atoms with E-state index in [0.717, 1.165) is 25.9 Å². The molecule has 4 heteroatoms. The van der Waals surface area contributed by atoms with E-state index in [9.17, 15) is 4.39 Å². The zero-order chi connectivity index (χ0) is 12.1. The quantitative estimate of drug-likeness (QED) is 0.838. The fraction of sp³-hybridized carbons (Fsp3) is 0.538. The average molecular weight is 239 g/mol. The zero-order valence-corrected chi connectivity index (χ0v) is 9.79. The van der Waals surface area contributed by atoms with E-state index in [4.69, 9.17) is 9.84 Å². The van der Waals surface area contributed by atoms with E-state index in [0.29, 0.717) is 11.1 Å². The summed E-state index contributed by atoms with van der Waals surface area (Å²) in [4.78, 5) is 0. The van der Waals surface area contributed by atoms with Crippen LogP contribution in [0.3, 0.4) is 0 Å². The van der Waals surface area contributed by atoms with Crippen LogP contribution in [0.4, 0.5) is 4.39 Å². The smallest absolute Gasteiger partial charge is 0.134 e.